The standard InChI is InChI=1S/C13H13N5O/c1-8-3-4-10(19-2)9(7-8)12-15-6-5-11-16-13(14)17-18(11)12/h3-7H,1-2H3,(H2,14,17). The fraction of sp³-hybridized carbons (Fsp3) is 0.154. The number of anilines is 1. The minimum Gasteiger partial charge on any atom is -0.496 e. The monoisotopic (exact) mass is 255 g/mol. The first-order valence-corrected chi connectivity index (χ1v) is 5.81. The summed E-state index contributed by atoms with van der Waals surface area (Å²) in [6.45, 7) is 2.01. The van der Waals surface area contributed by atoms with Crippen LogP contribution in [0.25, 0.3) is 17.0 Å². The molecule has 0 unspecified atom stereocenters. The third-order valence-electron chi connectivity index (χ3n) is 2.87. The topological polar surface area (TPSA) is 78.3 Å². The van der Waals surface area contributed by atoms with Gasteiger partial charge in [0.1, 0.15) is 5.75 Å². The van der Waals surface area contributed by atoms with Gasteiger partial charge in [0.05, 0.1) is 12.7 Å². The highest BCUT2D eigenvalue weighted by Crippen LogP contribution is 2.29. The Labute approximate surface area is 109 Å². The minimum atomic E-state index is 0.223. The number of ether oxygens (including phenoxy) is 1. The van der Waals surface area contributed by atoms with Crippen LogP contribution in [0.15, 0.2) is 30.5 Å². The number of aromatic nitrogens is 4. The van der Waals surface area contributed by atoms with Gasteiger partial charge in [0.25, 0.3) is 0 Å². The third kappa shape index (κ3) is 1.87. The number of methoxy groups -OCH3 is 1. The number of hydrogen-bond donors (Lipinski definition) is 1. The molecule has 2 aromatic heterocycles. The maximum atomic E-state index is 5.64. The van der Waals surface area contributed by atoms with E-state index in [0.29, 0.717) is 11.5 Å². The summed E-state index contributed by atoms with van der Waals surface area (Å²) in [5.74, 6) is 1.61. The fourth-order valence-corrected chi connectivity index (χ4v) is 2.01. The number of fused-ring (bicyclic) bond motifs is 1. The van der Waals surface area contributed by atoms with Crippen molar-refractivity contribution in [3.63, 3.8) is 0 Å². The lowest BCUT2D eigenvalue weighted by atomic mass is 10.1. The molecule has 3 aromatic rings. The van der Waals surface area contributed by atoms with Crippen molar-refractivity contribution in [1.29, 1.82) is 0 Å². The average Bonchev–Trinajstić information content (AvgIpc) is 2.78. The summed E-state index contributed by atoms with van der Waals surface area (Å²) >= 11 is 0. The van der Waals surface area contributed by atoms with Gasteiger partial charge in [-0.2, -0.15) is 9.50 Å². The Hall–Kier alpha value is -2.63. The van der Waals surface area contributed by atoms with Gasteiger partial charge < -0.3 is 10.5 Å². The van der Waals surface area contributed by atoms with Crippen molar-refractivity contribution in [2.75, 3.05) is 12.8 Å². The lowest BCUT2D eigenvalue weighted by Gasteiger charge is -2.09. The van der Waals surface area contributed by atoms with Crippen LogP contribution in [-0.4, -0.2) is 26.7 Å². The van der Waals surface area contributed by atoms with Crippen molar-refractivity contribution in [2.45, 2.75) is 6.92 Å². The Balaban J connectivity index is 2.32. The first kappa shape index (κ1) is 11.5. The van der Waals surface area contributed by atoms with Gasteiger partial charge in [-0.25, -0.2) is 4.98 Å². The van der Waals surface area contributed by atoms with Crippen molar-refractivity contribution in [3.8, 4) is 17.1 Å². The van der Waals surface area contributed by atoms with E-state index in [9.17, 15) is 0 Å². The molecule has 0 radical (unpaired) electrons. The highest BCUT2D eigenvalue weighted by atomic mass is 16.5. The molecular weight excluding hydrogens is 242 g/mol. The molecule has 2 N–H and O–H groups in total. The molecule has 0 aliphatic rings. The number of aryl methyl sites for hydroxylation is 1. The van der Waals surface area contributed by atoms with Crippen LogP contribution in [0, 0.1) is 6.92 Å². The zero-order valence-electron chi connectivity index (χ0n) is 10.7. The summed E-state index contributed by atoms with van der Waals surface area (Å²) in [6, 6.07) is 7.65. The van der Waals surface area contributed by atoms with E-state index in [0.717, 1.165) is 16.9 Å². The smallest absolute Gasteiger partial charge is 0.240 e. The van der Waals surface area contributed by atoms with Crippen LogP contribution >= 0.6 is 0 Å². The highest BCUT2D eigenvalue weighted by Gasteiger charge is 2.13. The molecule has 3 rings (SSSR count). The zero-order valence-corrected chi connectivity index (χ0v) is 10.7. The number of benzene rings is 1. The molecule has 0 aliphatic carbocycles. The van der Waals surface area contributed by atoms with Crippen molar-refractivity contribution in [2.24, 2.45) is 0 Å². The molecule has 0 atom stereocenters. The Morgan fingerprint density at radius 3 is 2.89 bits per heavy atom. The van der Waals surface area contributed by atoms with Gasteiger partial charge in [0, 0.05) is 12.3 Å². The van der Waals surface area contributed by atoms with Gasteiger partial charge in [0.15, 0.2) is 11.5 Å². The SMILES string of the molecule is COc1ccc(C)cc1-c1nccc2nc(N)nn12. The number of nitrogens with two attached hydrogens (primary N) is 1. The molecule has 0 spiro atoms. The van der Waals surface area contributed by atoms with E-state index in [2.05, 4.69) is 15.1 Å². The van der Waals surface area contributed by atoms with Gasteiger partial charge in [-0.1, -0.05) is 11.6 Å². The van der Waals surface area contributed by atoms with Crippen LogP contribution in [0.2, 0.25) is 0 Å². The van der Waals surface area contributed by atoms with Gasteiger partial charge >= 0.3 is 0 Å². The highest BCUT2D eigenvalue weighted by molar-refractivity contribution is 5.67. The largest absolute Gasteiger partial charge is 0.496 e. The second-order valence-corrected chi connectivity index (χ2v) is 4.21. The van der Waals surface area contributed by atoms with Crippen LogP contribution < -0.4 is 10.5 Å². The van der Waals surface area contributed by atoms with Crippen molar-refractivity contribution in [3.05, 3.63) is 36.0 Å². The fourth-order valence-electron chi connectivity index (χ4n) is 2.01. The maximum Gasteiger partial charge on any atom is 0.240 e. The second kappa shape index (κ2) is 4.24. The molecule has 0 saturated heterocycles. The van der Waals surface area contributed by atoms with Crippen LogP contribution in [0.1, 0.15) is 5.56 Å². The molecule has 0 saturated carbocycles. The van der Waals surface area contributed by atoms with E-state index in [1.165, 1.54) is 0 Å². The first-order chi connectivity index (χ1) is 9.19. The maximum absolute atomic E-state index is 5.64. The molecule has 2 heterocycles. The van der Waals surface area contributed by atoms with E-state index >= 15 is 0 Å². The molecule has 0 bridgehead atoms. The first-order valence-electron chi connectivity index (χ1n) is 5.81. The third-order valence-corrected chi connectivity index (χ3v) is 2.87. The summed E-state index contributed by atoms with van der Waals surface area (Å²) in [7, 11) is 1.63. The summed E-state index contributed by atoms with van der Waals surface area (Å²) in [5.41, 5.74) is 8.27. The van der Waals surface area contributed by atoms with Crippen molar-refractivity contribution in [1.82, 2.24) is 19.6 Å². The Morgan fingerprint density at radius 1 is 1.26 bits per heavy atom. The predicted octanol–water partition coefficient (Wildman–Crippen LogP) is 1.69. The minimum absolute atomic E-state index is 0.223. The normalized spacial score (nSPS) is 10.8. The van der Waals surface area contributed by atoms with Crippen molar-refractivity contribution >= 4 is 11.6 Å². The molecule has 1 aromatic carbocycles. The van der Waals surface area contributed by atoms with Gasteiger partial charge in [-0.3, -0.25) is 0 Å². The molecule has 0 aliphatic heterocycles. The van der Waals surface area contributed by atoms with Crippen molar-refractivity contribution < 1.29 is 4.74 Å². The van der Waals surface area contributed by atoms with E-state index in [1.54, 1.807) is 23.9 Å². The predicted molar refractivity (Wildman–Crippen MR) is 71.9 cm³/mol. The lowest BCUT2D eigenvalue weighted by Crippen LogP contribution is -2.00. The van der Waals surface area contributed by atoms with E-state index in [4.69, 9.17) is 10.5 Å². The summed E-state index contributed by atoms with van der Waals surface area (Å²) < 4.78 is 7.00. The molecule has 0 amide bonds. The average molecular weight is 255 g/mol. The number of nitrogen functional groups attached to an aromatic ring is 1. The Kier molecular flexibility index (Phi) is 2.56. The lowest BCUT2D eigenvalue weighted by molar-refractivity contribution is 0.416. The number of hydrogen-bond acceptors (Lipinski definition) is 5. The molecule has 6 heteroatoms. The van der Waals surface area contributed by atoms with Gasteiger partial charge in [-0.15, -0.1) is 5.10 Å². The van der Waals surface area contributed by atoms with E-state index in [1.807, 2.05) is 25.1 Å². The van der Waals surface area contributed by atoms with E-state index in [-0.39, 0.29) is 5.95 Å². The second-order valence-electron chi connectivity index (χ2n) is 4.21. The summed E-state index contributed by atoms with van der Waals surface area (Å²) in [6.07, 6.45) is 1.68. The number of nitrogens with zero attached hydrogens (tertiary/aromatic N) is 4. The molecule has 19 heavy (non-hydrogen) atoms. The zero-order chi connectivity index (χ0) is 13.4. The van der Waals surface area contributed by atoms with Crippen LogP contribution in [-0.2, 0) is 0 Å². The molecule has 6 nitrogen and oxygen atoms in total. The summed E-state index contributed by atoms with van der Waals surface area (Å²) in [4.78, 5) is 8.49. The Bertz CT molecular complexity index is 750. The molecule has 0 fully saturated rings. The van der Waals surface area contributed by atoms with Gasteiger partial charge in [-0.05, 0) is 19.1 Å². The van der Waals surface area contributed by atoms with E-state index < -0.39 is 0 Å². The molecular formula is C13H13N5O. The quantitative estimate of drug-likeness (QED) is 0.753. The number of rotatable bonds is 2. The molecule has 96 valence electrons. The van der Waals surface area contributed by atoms with Crippen LogP contribution in [0.3, 0.4) is 0 Å². The summed E-state index contributed by atoms with van der Waals surface area (Å²) in [5, 5.41) is 4.16. The van der Waals surface area contributed by atoms with Gasteiger partial charge in [0.2, 0.25) is 5.95 Å². The van der Waals surface area contributed by atoms with Crippen LogP contribution in [0.5, 0.6) is 5.75 Å². The Morgan fingerprint density at radius 2 is 2.11 bits per heavy atom. The van der Waals surface area contributed by atoms with Crippen LogP contribution in [0.4, 0.5) is 5.95 Å².